The molecule has 1 fully saturated rings. The van der Waals surface area contributed by atoms with Crippen LogP contribution in [-0.4, -0.2) is 67.6 Å². The van der Waals surface area contributed by atoms with Gasteiger partial charge in [-0.15, -0.1) is 10.8 Å². The number of amides is 1. The van der Waals surface area contributed by atoms with Crippen LogP contribution in [0.25, 0.3) is 0 Å². The molecule has 10 nitrogen and oxygen atoms in total. The molecule has 0 unspecified atom stereocenters. The van der Waals surface area contributed by atoms with Gasteiger partial charge >= 0.3 is 0 Å². The van der Waals surface area contributed by atoms with E-state index in [0.717, 1.165) is 54.9 Å². The zero-order valence-electron chi connectivity index (χ0n) is 24.7. The van der Waals surface area contributed by atoms with Crippen LogP contribution in [0.4, 0.5) is 11.4 Å². The number of aliphatic hydroxyl groups excluding tert-OH is 1. The Morgan fingerprint density at radius 2 is 1.95 bits per heavy atom. The highest BCUT2D eigenvalue weighted by Gasteiger charge is 2.28. The van der Waals surface area contributed by atoms with E-state index in [-0.39, 0.29) is 12.5 Å². The molecule has 0 radical (unpaired) electrons. The number of aromatic amines is 1. The number of aromatic nitrogens is 2. The lowest BCUT2D eigenvalue weighted by molar-refractivity contribution is 0.0830. The number of hydrogen-bond acceptors (Lipinski definition) is 8. The van der Waals surface area contributed by atoms with Crippen molar-refractivity contribution in [1.29, 1.82) is 0 Å². The van der Waals surface area contributed by atoms with Crippen LogP contribution < -0.4 is 20.3 Å². The highest BCUT2D eigenvalue weighted by Crippen LogP contribution is 2.50. The van der Waals surface area contributed by atoms with Crippen molar-refractivity contribution < 1.29 is 19.0 Å². The zero-order chi connectivity index (χ0) is 30.0. The lowest BCUT2D eigenvalue weighted by Crippen LogP contribution is -2.48. The van der Waals surface area contributed by atoms with E-state index in [1.54, 1.807) is 16.4 Å². The van der Waals surface area contributed by atoms with Crippen molar-refractivity contribution in [2.24, 2.45) is 0 Å². The summed E-state index contributed by atoms with van der Waals surface area (Å²) in [4.78, 5) is 21.5. The Morgan fingerprint density at radius 1 is 1.14 bits per heavy atom. The van der Waals surface area contributed by atoms with Gasteiger partial charge in [0.2, 0.25) is 0 Å². The van der Waals surface area contributed by atoms with Gasteiger partial charge in [-0.25, -0.2) is 4.98 Å². The van der Waals surface area contributed by atoms with E-state index in [4.69, 9.17) is 0 Å². The molecule has 1 saturated heterocycles. The van der Waals surface area contributed by atoms with Gasteiger partial charge in [-0.1, -0.05) is 43.7 Å². The summed E-state index contributed by atoms with van der Waals surface area (Å²) in [6.07, 6.45) is 6.19. The molecule has 230 valence electrons. The predicted molar refractivity (Wildman–Crippen MR) is 171 cm³/mol. The van der Waals surface area contributed by atoms with Gasteiger partial charge in [-0.3, -0.25) is 18.2 Å². The third-order valence-electron chi connectivity index (χ3n) is 7.42. The minimum atomic E-state index is -2.95. The molecule has 0 spiro atoms. The Morgan fingerprint density at radius 3 is 2.69 bits per heavy atom. The number of aryl methyl sites for hydroxylation is 1. The summed E-state index contributed by atoms with van der Waals surface area (Å²) in [5.41, 5.74) is 3.59. The summed E-state index contributed by atoms with van der Waals surface area (Å²) in [7, 11) is -2.95. The first kappa shape index (κ1) is 31.8. The largest absolute Gasteiger partial charge is 0.390 e. The monoisotopic (exact) mass is 598 g/mol. The Hall–Kier alpha value is -3.09. The second kappa shape index (κ2) is 15.4. The van der Waals surface area contributed by atoms with Crippen molar-refractivity contribution in [3.05, 3.63) is 77.4 Å². The van der Waals surface area contributed by atoms with Gasteiger partial charge in [0.05, 0.1) is 29.3 Å². The second-order valence-electron chi connectivity index (χ2n) is 10.9. The lowest BCUT2D eigenvalue weighted by atomic mass is 10.00. The van der Waals surface area contributed by atoms with Crippen LogP contribution in [0, 0.1) is 0 Å². The average molecular weight is 599 g/mol. The minimum Gasteiger partial charge on any atom is -0.390 e. The van der Waals surface area contributed by atoms with Crippen molar-refractivity contribution in [1.82, 2.24) is 20.6 Å². The summed E-state index contributed by atoms with van der Waals surface area (Å²) in [6.45, 7) is 6.05. The number of aliphatic hydroxyl groups is 1. The molecular weight excluding hydrogens is 552 g/mol. The Bertz CT molecular complexity index is 1270. The number of nitrogens with zero attached hydrogens (tertiary/aromatic N) is 2. The Balaban J connectivity index is 1.48. The molecule has 4 rings (SSSR count). The van der Waals surface area contributed by atoms with E-state index in [0.29, 0.717) is 43.1 Å². The van der Waals surface area contributed by atoms with Crippen molar-refractivity contribution in [2.45, 2.75) is 71.1 Å². The van der Waals surface area contributed by atoms with Crippen LogP contribution in [0.3, 0.4) is 0 Å². The van der Waals surface area contributed by atoms with Gasteiger partial charge in [0.1, 0.15) is 5.82 Å². The summed E-state index contributed by atoms with van der Waals surface area (Å²) in [5, 5.41) is 20.8. The number of carbonyl (C=O) groups is 1. The number of carbonyl (C=O) groups excluding carboxylic acids is 1. The van der Waals surface area contributed by atoms with E-state index in [1.165, 1.54) is 0 Å². The first-order chi connectivity index (χ1) is 20.3. The molecule has 0 saturated carbocycles. The molecule has 2 aromatic carbocycles. The van der Waals surface area contributed by atoms with Crippen molar-refractivity contribution in [2.75, 3.05) is 35.0 Å². The molecule has 11 heteroatoms. The van der Waals surface area contributed by atoms with Crippen molar-refractivity contribution >= 4 is 28.1 Å². The van der Waals surface area contributed by atoms with Crippen molar-refractivity contribution in [3.63, 3.8) is 0 Å². The fourth-order valence-electron chi connectivity index (χ4n) is 5.16. The number of anilines is 2. The first-order valence-electron chi connectivity index (χ1n) is 15.0. The fourth-order valence-corrected chi connectivity index (χ4v) is 6.83. The molecule has 7 N–H and O–H groups in total. The van der Waals surface area contributed by atoms with E-state index in [2.05, 4.69) is 32.8 Å². The molecular formula is C31H46N6O4S. The number of imidazole rings is 1. The maximum absolute atomic E-state index is 13.7. The summed E-state index contributed by atoms with van der Waals surface area (Å²) in [5.74, 6) is 0.946. The average Bonchev–Trinajstić information content (AvgIpc) is 3.43. The molecule has 0 aliphatic carbocycles. The molecule has 2 atom stereocenters. The number of unbranched alkanes of at least 4 members (excludes halogenated alkanes) is 1. The number of hydrogen-bond donors (Lipinski definition) is 7. The van der Waals surface area contributed by atoms with Crippen molar-refractivity contribution in [3.8, 4) is 0 Å². The summed E-state index contributed by atoms with van der Waals surface area (Å²) >= 11 is 0. The molecule has 0 bridgehead atoms. The van der Waals surface area contributed by atoms with E-state index >= 15 is 0 Å². The zero-order valence-corrected chi connectivity index (χ0v) is 25.5. The quantitative estimate of drug-likeness (QED) is 0.130. The summed E-state index contributed by atoms with van der Waals surface area (Å²) in [6, 6.07) is 14.5. The normalized spacial score (nSPS) is 16.9. The first-order valence-corrected chi connectivity index (χ1v) is 16.7. The molecule has 1 aliphatic heterocycles. The third kappa shape index (κ3) is 8.95. The van der Waals surface area contributed by atoms with Gasteiger partial charge in [-0.2, -0.15) is 0 Å². The Labute approximate surface area is 250 Å². The van der Waals surface area contributed by atoms with Gasteiger partial charge in [0, 0.05) is 50.0 Å². The number of benzene rings is 2. The number of rotatable bonds is 15. The van der Waals surface area contributed by atoms with Crippen LogP contribution in [0.15, 0.2) is 54.7 Å². The van der Waals surface area contributed by atoms with E-state index in [1.807, 2.05) is 49.5 Å². The van der Waals surface area contributed by atoms with Crippen LogP contribution >= 0.6 is 10.8 Å². The Kier molecular flexibility index (Phi) is 11.7. The van der Waals surface area contributed by atoms with E-state index in [9.17, 15) is 19.0 Å². The standard InChI is InChI=1S/C31H46N6O4S/c1-3-5-13-30-34-21-26(35-30)20-32-22-29(38)28(16-23-11-7-6-8-12-23)36-31(39)24-17-25(33-4-2)19-27(18-24)37-14-9-10-15-42(37,40)41/h6-8,11-12,17-19,21,28-29,32-33,38,40-41H,3-5,9-10,13-16,20,22H2,1-2H3,(H,34,35)(H,36,39)/t28-,29-/m0/s1. The highest BCUT2D eigenvalue weighted by atomic mass is 32.3. The van der Waals surface area contributed by atoms with Gasteiger partial charge in [-0.05, 0) is 56.4 Å². The molecule has 1 aromatic heterocycles. The molecule has 3 aromatic rings. The minimum absolute atomic E-state index is 0.270. The smallest absolute Gasteiger partial charge is 0.251 e. The maximum atomic E-state index is 13.7. The van der Waals surface area contributed by atoms with E-state index < -0.39 is 22.9 Å². The maximum Gasteiger partial charge on any atom is 0.251 e. The SMILES string of the molecule is CCCCc1nc(CNC[C@H](O)[C@H](Cc2ccccc2)NC(=O)c2cc(NCC)cc(N3CCCCS3(O)O)c2)c[nH]1. The van der Waals surface area contributed by atoms with Crippen LogP contribution in [0.1, 0.15) is 67.0 Å². The summed E-state index contributed by atoms with van der Waals surface area (Å²) < 4.78 is 23.1. The van der Waals surface area contributed by atoms with Crippen LogP contribution in [0.2, 0.25) is 0 Å². The van der Waals surface area contributed by atoms with Gasteiger partial charge in [0.15, 0.2) is 0 Å². The lowest BCUT2D eigenvalue weighted by Gasteiger charge is -2.47. The van der Waals surface area contributed by atoms with Gasteiger partial charge < -0.3 is 26.0 Å². The number of nitrogens with one attached hydrogen (secondary N) is 4. The topological polar surface area (TPSA) is 146 Å². The highest BCUT2D eigenvalue weighted by molar-refractivity contribution is 8.25. The fraction of sp³-hybridized carbons (Fsp3) is 0.484. The van der Waals surface area contributed by atoms with Crippen LogP contribution in [0.5, 0.6) is 0 Å². The third-order valence-corrected chi connectivity index (χ3v) is 9.36. The molecule has 1 amide bonds. The van der Waals surface area contributed by atoms with Crippen LogP contribution in [-0.2, 0) is 19.4 Å². The number of H-pyrrole nitrogens is 1. The predicted octanol–water partition coefficient (Wildman–Crippen LogP) is 4.94. The molecule has 1 aliphatic rings. The molecule has 2 heterocycles. The van der Waals surface area contributed by atoms with Gasteiger partial charge in [0.25, 0.3) is 5.91 Å². The molecule has 42 heavy (non-hydrogen) atoms. The second-order valence-corrected chi connectivity index (χ2v) is 13.0.